The first-order valence-electron chi connectivity index (χ1n) is 10.2. The standard InChI is InChI=1S/C22H31N5O2.HI/c1-4-23-22(24-17-19(25(2)3)18-9-6-5-7-10-18)27-14-12-26(13-15-27)21(28)20-11-8-16-29-20;/h5-11,16,19H,4,12-15,17H2,1-3H3,(H,23,24);1H. The lowest BCUT2D eigenvalue weighted by Gasteiger charge is -2.36. The summed E-state index contributed by atoms with van der Waals surface area (Å²) in [5, 5.41) is 3.41. The predicted octanol–water partition coefficient (Wildman–Crippen LogP) is 2.92. The Hall–Kier alpha value is -2.07. The van der Waals surface area contributed by atoms with Crippen molar-refractivity contribution in [3.63, 3.8) is 0 Å². The van der Waals surface area contributed by atoms with E-state index < -0.39 is 0 Å². The molecular formula is C22H32IN5O2. The smallest absolute Gasteiger partial charge is 0.289 e. The summed E-state index contributed by atoms with van der Waals surface area (Å²) < 4.78 is 5.25. The van der Waals surface area contributed by atoms with Crippen LogP contribution in [0, 0.1) is 0 Å². The van der Waals surface area contributed by atoms with Crippen molar-refractivity contribution in [2.45, 2.75) is 13.0 Å². The predicted molar refractivity (Wildman–Crippen MR) is 130 cm³/mol. The highest BCUT2D eigenvalue weighted by Crippen LogP contribution is 2.18. The average Bonchev–Trinajstić information content (AvgIpc) is 3.28. The van der Waals surface area contributed by atoms with Crippen molar-refractivity contribution < 1.29 is 9.21 Å². The second-order valence-electron chi connectivity index (χ2n) is 7.34. The summed E-state index contributed by atoms with van der Waals surface area (Å²) >= 11 is 0. The Morgan fingerprint density at radius 1 is 1.10 bits per heavy atom. The fourth-order valence-corrected chi connectivity index (χ4v) is 3.52. The van der Waals surface area contributed by atoms with Crippen LogP contribution in [0.3, 0.4) is 0 Å². The molecule has 1 N–H and O–H groups in total. The van der Waals surface area contributed by atoms with Gasteiger partial charge in [0.25, 0.3) is 5.91 Å². The van der Waals surface area contributed by atoms with Gasteiger partial charge in [0.1, 0.15) is 0 Å². The lowest BCUT2D eigenvalue weighted by atomic mass is 10.1. The number of hydrogen-bond donors (Lipinski definition) is 1. The van der Waals surface area contributed by atoms with Crippen LogP contribution in [0.25, 0.3) is 0 Å². The third-order valence-electron chi connectivity index (χ3n) is 5.15. The monoisotopic (exact) mass is 525 g/mol. The fourth-order valence-electron chi connectivity index (χ4n) is 3.52. The summed E-state index contributed by atoms with van der Waals surface area (Å²) in [6.07, 6.45) is 1.54. The van der Waals surface area contributed by atoms with Crippen molar-refractivity contribution in [3.05, 3.63) is 60.1 Å². The molecule has 1 atom stereocenters. The lowest BCUT2D eigenvalue weighted by molar-refractivity contribution is 0.0657. The van der Waals surface area contributed by atoms with E-state index in [-0.39, 0.29) is 35.9 Å². The van der Waals surface area contributed by atoms with Crippen molar-refractivity contribution in [2.75, 3.05) is 53.4 Å². The van der Waals surface area contributed by atoms with Gasteiger partial charge >= 0.3 is 0 Å². The SMILES string of the molecule is CCNC(=NCC(c1ccccc1)N(C)C)N1CCN(C(=O)c2ccco2)CC1.I. The first-order valence-corrected chi connectivity index (χ1v) is 10.2. The van der Waals surface area contributed by atoms with Gasteiger partial charge in [-0.25, -0.2) is 0 Å². The van der Waals surface area contributed by atoms with Gasteiger partial charge in [-0.15, -0.1) is 24.0 Å². The number of amides is 1. The van der Waals surface area contributed by atoms with Crippen molar-refractivity contribution >= 4 is 35.8 Å². The van der Waals surface area contributed by atoms with Gasteiger partial charge in [0, 0.05) is 32.7 Å². The molecule has 0 bridgehead atoms. The molecule has 1 aliphatic heterocycles. The second kappa shape index (κ2) is 11.9. The molecule has 1 saturated heterocycles. The van der Waals surface area contributed by atoms with E-state index >= 15 is 0 Å². The number of carbonyl (C=O) groups excluding carboxylic acids is 1. The zero-order chi connectivity index (χ0) is 20.6. The number of nitrogens with zero attached hydrogens (tertiary/aromatic N) is 4. The van der Waals surface area contributed by atoms with Crippen LogP contribution < -0.4 is 5.32 Å². The van der Waals surface area contributed by atoms with Crippen molar-refractivity contribution in [3.8, 4) is 0 Å². The third-order valence-corrected chi connectivity index (χ3v) is 5.15. The van der Waals surface area contributed by atoms with Crippen molar-refractivity contribution in [1.29, 1.82) is 0 Å². The van der Waals surface area contributed by atoms with Gasteiger partial charge < -0.3 is 24.4 Å². The molecule has 164 valence electrons. The van der Waals surface area contributed by atoms with Gasteiger partial charge in [0.15, 0.2) is 11.7 Å². The van der Waals surface area contributed by atoms with Crippen molar-refractivity contribution in [2.24, 2.45) is 4.99 Å². The number of furan rings is 1. The summed E-state index contributed by atoms with van der Waals surface area (Å²) in [4.78, 5) is 23.7. The van der Waals surface area contributed by atoms with Crippen LogP contribution in [0.1, 0.15) is 29.1 Å². The Kier molecular flexibility index (Phi) is 9.64. The fraction of sp³-hybridized carbons (Fsp3) is 0.455. The van der Waals surface area contributed by atoms with E-state index in [1.165, 1.54) is 11.8 Å². The van der Waals surface area contributed by atoms with Gasteiger partial charge in [-0.3, -0.25) is 9.79 Å². The second-order valence-corrected chi connectivity index (χ2v) is 7.34. The third kappa shape index (κ3) is 6.21. The number of guanidine groups is 1. The van der Waals surface area contributed by atoms with Crippen LogP contribution in [0.2, 0.25) is 0 Å². The summed E-state index contributed by atoms with van der Waals surface area (Å²) in [6.45, 7) is 6.35. The number of rotatable bonds is 6. The van der Waals surface area contributed by atoms with Gasteiger partial charge in [-0.1, -0.05) is 30.3 Å². The van der Waals surface area contributed by atoms with Crippen LogP contribution >= 0.6 is 24.0 Å². The first-order chi connectivity index (χ1) is 14.1. The molecule has 0 spiro atoms. The molecule has 2 aromatic rings. The van der Waals surface area contributed by atoms with Crippen LogP contribution in [0.15, 0.2) is 58.1 Å². The molecule has 1 unspecified atom stereocenters. The minimum absolute atomic E-state index is 0. The number of piperazine rings is 1. The van der Waals surface area contributed by atoms with E-state index in [4.69, 9.17) is 9.41 Å². The average molecular weight is 525 g/mol. The molecule has 7 nitrogen and oxygen atoms in total. The van der Waals surface area contributed by atoms with E-state index in [9.17, 15) is 4.79 Å². The van der Waals surface area contributed by atoms with Gasteiger partial charge in [-0.05, 0) is 38.7 Å². The van der Waals surface area contributed by atoms with E-state index in [2.05, 4.69) is 60.4 Å². The van der Waals surface area contributed by atoms with E-state index in [0.29, 0.717) is 25.4 Å². The highest BCUT2D eigenvalue weighted by molar-refractivity contribution is 14.0. The van der Waals surface area contributed by atoms with Crippen LogP contribution in [-0.2, 0) is 0 Å². The number of likely N-dealkylation sites (N-methyl/N-ethyl adjacent to an activating group) is 1. The molecule has 2 heterocycles. The number of carbonyl (C=O) groups is 1. The van der Waals surface area contributed by atoms with Gasteiger partial charge in [0.2, 0.25) is 0 Å². The molecule has 1 fully saturated rings. The molecule has 1 aromatic carbocycles. The minimum atomic E-state index is -0.0478. The maximum atomic E-state index is 12.5. The molecule has 1 aliphatic rings. The number of hydrogen-bond acceptors (Lipinski definition) is 4. The summed E-state index contributed by atoms with van der Waals surface area (Å²) in [7, 11) is 4.16. The Bertz CT molecular complexity index is 787. The summed E-state index contributed by atoms with van der Waals surface area (Å²) in [5.41, 5.74) is 1.26. The summed E-state index contributed by atoms with van der Waals surface area (Å²) in [6, 6.07) is 14.1. The number of benzene rings is 1. The largest absolute Gasteiger partial charge is 0.459 e. The molecule has 3 rings (SSSR count). The van der Waals surface area contributed by atoms with Gasteiger partial charge in [-0.2, -0.15) is 0 Å². The first kappa shape index (κ1) is 24.2. The molecule has 0 aliphatic carbocycles. The van der Waals surface area contributed by atoms with Crippen molar-refractivity contribution in [1.82, 2.24) is 20.0 Å². The topological polar surface area (TPSA) is 64.3 Å². The molecule has 0 saturated carbocycles. The highest BCUT2D eigenvalue weighted by atomic mass is 127. The zero-order valence-electron chi connectivity index (χ0n) is 18.0. The number of aliphatic imine (C=N–C) groups is 1. The normalized spacial score (nSPS) is 15.7. The lowest BCUT2D eigenvalue weighted by Crippen LogP contribution is -2.53. The maximum absolute atomic E-state index is 12.5. The van der Waals surface area contributed by atoms with E-state index in [1.54, 1.807) is 12.1 Å². The van der Waals surface area contributed by atoms with Gasteiger partial charge in [0.05, 0.1) is 18.8 Å². The quantitative estimate of drug-likeness (QED) is 0.357. The Balaban J connectivity index is 0.00000320. The minimum Gasteiger partial charge on any atom is -0.459 e. The maximum Gasteiger partial charge on any atom is 0.289 e. The molecule has 1 amide bonds. The molecule has 30 heavy (non-hydrogen) atoms. The molecule has 0 radical (unpaired) electrons. The molecule has 1 aromatic heterocycles. The van der Waals surface area contributed by atoms with Crippen LogP contribution in [0.4, 0.5) is 0 Å². The van der Waals surface area contributed by atoms with E-state index in [1.807, 2.05) is 11.0 Å². The molecular weight excluding hydrogens is 493 g/mol. The summed E-state index contributed by atoms with van der Waals surface area (Å²) in [5.74, 6) is 1.25. The van der Waals surface area contributed by atoms with Crippen LogP contribution in [-0.4, -0.2) is 79.9 Å². The Labute approximate surface area is 196 Å². The molecule has 8 heteroatoms. The Morgan fingerprint density at radius 2 is 1.77 bits per heavy atom. The highest BCUT2D eigenvalue weighted by Gasteiger charge is 2.25. The van der Waals surface area contributed by atoms with E-state index in [0.717, 1.165) is 25.6 Å². The number of halogens is 1. The Morgan fingerprint density at radius 3 is 2.33 bits per heavy atom. The van der Waals surface area contributed by atoms with Crippen LogP contribution in [0.5, 0.6) is 0 Å². The zero-order valence-corrected chi connectivity index (χ0v) is 20.3. The number of nitrogens with one attached hydrogen (secondary N) is 1.